The third-order valence-electron chi connectivity index (χ3n) is 4.31. The highest BCUT2D eigenvalue weighted by Crippen LogP contribution is 2.33. The molecule has 3 rings (SSSR count). The molecule has 0 radical (unpaired) electrons. The fourth-order valence-electron chi connectivity index (χ4n) is 3.30. The maximum absolute atomic E-state index is 12.1. The zero-order valence-corrected chi connectivity index (χ0v) is 12.3. The van der Waals surface area contributed by atoms with Crippen molar-refractivity contribution >= 4 is 18.3 Å². The first-order valence-electron chi connectivity index (χ1n) is 7.21. The number of rotatable bonds is 4. The minimum Gasteiger partial charge on any atom is -0.354 e. The smallest absolute Gasteiger partial charge is 0.237 e. The van der Waals surface area contributed by atoms with Crippen LogP contribution in [0.3, 0.4) is 0 Å². The van der Waals surface area contributed by atoms with Crippen molar-refractivity contribution in [3.63, 3.8) is 0 Å². The lowest BCUT2D eigenvalue weighted by Crippen LogP contribution is -2.43. The third kappa shape index (κ3) is 3.49. The van der Waals surface area contributed by atoms with Crippen molar-refractivity contribution in [2.45, 2.75) is 50.6 Å². The lowest BCUT2D eigenvalue weighted by Gasteiger charge is -2.24. The van der Waals surface area contributed by atoms with E-state index in [1.807, 2.05) is 0 Å². The first-order valence-corrected chi connectivity index (χ1v) is 7.21. The molecule has 2 fully saturated rings. The van der Waals surface area contributed by atoms with Crippen LogP contribution in [0.1, 0.15) is 37.9 Å². The van der Waals surface area contributed by atoms with E-state index in [1.165, 1.54) is 32.0 Å². The number of hydrogen-bond donors (Lipinski definition) is 3. The van der Waals surface area contributed by atoms with Gasteiger partial charge in [-0.05, 0) is 25.2 Å². The van der Waals surface area contributed by atoms with Gasteiger partial charge in [-0.25, -0.2) is 4.98 Å². The van der Waals surface area contributed by atoms with Gasteiger partial charge in [-0.1, -0.05) is 12.8 Å². The first kappa shape index (κ1) is 15.3. The third-order valence-corrected chi connectivity index (χ3v) is 4.31. The van der Waals surface area contributed by atoms with Crippen LogP contribution >= 0.6 is 12.4 Å². The van der Waals surface area contributed by atoms with E-state index in [4.69, 9.17) is 0 Å². The number of fused-ring (bicyclic) bond motifs is 1. The number of H-pyrrole nitrogens is 1. The summed E-state index contributed by atoms with van der Waals surface area (Å²) in [7, 11) is 0. The molecule has 1 aliphatic carbocycles. The van der Waals surface area contributed by atoms with E-state index in [0.29, 0.717) is 24.9 Å². The van der Waals surface area contributed by atoms with E-state index in [9.17, 15) is 4.79 Å². The predicted octanol–water partition coefficient (Wildman–Crippen LogP) is 0.806. The Hall–Kier alpha value is -1.14. The Bertz CT molecular complexity index is 410. The van der Waals surface area contributed by atoms with Gasteiger partial charge >= 0.3 is 0 Å². The molecule has 7 heteroatoms. The molecule has 3 unspecified atom stereocenters. The van der Waals surface area contributed by atoms with E-state index >= 15 is 0 Å². The number of amides is 1. The Morgan fingerprint density at radius 1 is 1.40 bits per heavy atom. The summed E-state index contributed by atoms with van der Waals surface area (Å²) in [5.74, 6) is 1.65. The van der Waals surface area contributed by atoms with Crippen LogP contribution in [0.2, 0.25) is 0 Å². The second-order valence-corrected chi connectivity index (χ2v) is 5.58. The van der Waals surface area contributed by atoms with E-state index in [2.05, 4.69) is 25.8 Å². The molecule has 1 amide bonds. The van der Waals surface area contributed by atoms with Gasteiger partial charge in [0.2, 0.25) is 5.91 Å². The minimum absolute atomic E-state index is 0. The zero-order chi connectivity index (χ0) is 13.1. The molecule has 1 aromatic heterocycles. The van der Waals surface area contributed by atoms with Crippen LogP contribution in [0, 0.1) is 5.92 Å². The molecule has 1 aliphatic heterocycles. The molecule has 6 nitrogen and oxygen atoms in total. The van der Waals surface area contributed by atoms with Crippen LogP contribution in [0.15, 0.2) is 6.33 Å². The topological polar surface area (TPSA) is 82.7 Å². The van der Waals surface area contributed by atoms with Crippen molar-refractivity contribution in [3.8, 4) is 0 Å². The number of nitrogens with one attached hydrogen (secondary N) is 3. The largest absolute Gasteiger partial charge is 0.354 e. The molecule has 20 heavy (non-hydrogen) atoms. The second kappa shape index (κ2) is 7.04. The zero-order valence-electron chi connectivity index (χ0n) is 11.5. The maximum atomic E-state index is 12.1. The highest BCUT2D eigenvalue weighted by atomic mass is 35.5. The average molecular weight is 300 g/mol. The Morgan fingerprint density at radius 2 is 2.25 bits per heavy atom. The molecule has 1 aromatic rings. The summed E-state index contributed by atoms with van der Waals surface area (Å²) in [5.41, 5.74) is 0. The summed E-state index contributed by atoms with van der Waals surface area (Å²) < 4.78 is 0. The van der Waals surface area contributed by atoms with Gasteiger partial charge < -0.3 is 10.6 Å². The molecule has 3 atom stereocenters. The summed E-state index contributed by atoms with van der Waals surface area (Å²) >= 11 is 0. The van der Waals surface area contributed by atoms with Crippen molar-refractivity contribution in [3.05, 3.63) is 12.2 Å². The summed E-state index contributed by atoms with van der Waals surface area (Å²) in [4.78, 5) is 16.1. The van der Waals surface area contributed by atoms with Crippen LogP contribution < -0.4 is 10.6 Å². The lowest BCUT2D eigenvalue weighted by molar-refractivity contribution is -0.122. The highest BCUT2D eigenvalue weighted by molar-refractivity contribution is 5.85. The Labute approximate surface area is 124 Å². The molecule has 0 spiro atoms. The molecule has 2 aliphatic rings. The van der Waals surface area contributed by atoms with Crippen molar-refractivity contribution in [2.24, 2.45) is 5.92 Å². The summed E-state index contributed by atoms with van der Waals surface area (Å²) in [6, 6.07) is 0.571. The van der Waals surface area contributed by atoms with Gasteiger partial charge in [0, 0.05) is 19.0 Å². The Balaban J connectivity index is 0.00000147. The quantitative estimate of drug-likeness (QED) is 0.768. The monoisotopic (exact) mass is 299 g/mol. The minimum atomic E-state index is 0. The van der Waals surface area contributed by atoms with Crippen LogP contribution in [0.5, 0.6) is 0 Å². The molecule has 0 bridgehead atoms. The fourth-order valence-corrected chi connectivity index (χ4v) is 3.30. The predicted molar refractivity (Wildman–Crippen MR) is 77.6 cm³/mol. The SMILES string of the molecule is Cl.O=C(NCCc1ncn[nH]1)C1CC2CCCCC2N1. The number of carbonyl (C=O) groups is 1. The highest BCUT2D eigenvalue weighted by Gasteiger charge is 2.37. The van der Waals surface area contributed by atoms with Crippen LogP contribution in [0.25, 0.3) is 0 Å². The molecule has 1 saturated carbocycles. The average Bonchev–Trinajstić information content (AvgIpc) is 3.07. The van der Waals surface area contributed by atoms with E-state index < -0.39 is 0 Å². The van der Waals surface area contributed by atoms with E-state index in [-0.39, 0.29) is 24.4 Å². The van der Waals surface area contributed by atoms with Crippen LogP contribution in [0.4, 0.5) is 0 Å². The fraction of sp³-hybridized carbons (Fsp3) is 0.769. The van der Waals surface area contributed by atoms with Gasteiger partial charge in [0.15, 0.2) is 0 Å². The number of halogens is 1. The lowest BCUT2D eigenvalue weighted by atomic mass is 9.85. The van der Waals surface area contributed by atoms with Crippen molar-refractivity contribution in [2.75, 3.05) is 6.54 Å². The van der Waals surface area contributed by atoms with Gasteiger partial charge in [0.05, 0.1) is 6.04 Å². The molecule has 1 saturated heterocycles. The maximum Gasteiger partial charge on any atom is 0.237 e. The van der Waals surface area contributed by atoms with Crippen LogP contribution in [-0.4, -0.2) is 39.7 Å². The van der Waals surface area contributed by atoms with E-state index in [0.717, 1.165) is 12.2 Å². The molecule has 0 aromatic carbocycles. The Kier molecular flexibility index (Phi) is 5.37. The molecule has 2 heterocycles. The van der Waals surface area contributed by atoms with Gasteiger partial charge in [0.1, 0.15) is 12.2 Å². The number of aromatic amines is 1. The number of aromatic nitrogens is 3. The number of carbonyl (C=O) groups excluding carboxylic acids is 1. The molecule has 3 N–H and O–H groups in total. The standard InChI is InChI=1S/C13H21N5O.ClH/c19-13(14-6-5-12-15-8-16-18-12)11-7-9-3-1-2-4-10(9)17-11;/h8-11,17H,1-7H2,(H,14,19)(H,15,16,18);1H. The van der Waals surface area contributed by atoms with Crippen molar-refractivity contribution in [1.29, 1.82) is 0 Å². The summed E-state index contributed by atoms with van der Waals surface area (Å²) in [6.45, 7) is 0.613. The summed E-state index contributed by atoms with van der Waals surface area (Å²) in [6.07, 6.45) is 8.31. The number of hydrogen-bond acceptors (Lipinski definition) is 4. The number of nitrogens with zero attached hydrogens (tertiary/aromatic N) is 2. The second-order valence-electron chi connectivity index (χ2n) is 5.58. The molecular weight excluding hydrogens is 278 g/mol. The van der Waals surface area contributed by atoms with Gasteiger partial charge in [-0.3, -0.25) is 9.89 Å². The first-order chi connectivity index (χ1) is 9.33. The van der Waals surface area contributed by atoms with Gasteiger partial charge in [0.25, 0.3) is 0 Å². The molecule has 112 valence electrons. The Morgan fingerprint density at radius 3 is 3.00 bits per heavy atom. The van der Waals surface area contributed by atoms with Gasteiger partial charge in [-0.15, -0.1) is 12.4 Å². The normalized spacial score (nSPS) is 28.5. The van der Waals surface area contributed by atoms with Crippen LogP contribution in [-0.2, 0) is 11.2 Å². The molecular formula is C13H22ClN5O. The van der Waals surface area contributed by atoms with E-state index in [1.54, 1.807) is 0 Å². The summed E-state index contributed by atoms with van der Waals surface area (Å²) in [5, 5.41) is 13.1. The van der Waals surface area contributed by atoms with Crippen molar-refractivity contribution in [1.82, 2.24) is 25.8 Å². The van der Waals surface area contributed by atoms with Gasteiger partial charge in [-0.2, -0.15) is 5.10 Å². The van der Waals surface area contributed by atoms with Crippen molar-refractivity contribution < 1.29 is 4.79 Å².